The van der Waals surface area contributed by atoms with Crippen molar-refractivity contribution in [2.45, 2.75) is 38.2 Å². The molecule has 2 unspecified atom stereocenters. The molecule has 0 amide bonds. The van der Waals surface area contributed by atoms with Gasteiger partial charge in [-0.15, -0.1) is 0 Å². The van der Waals surface area contributed by atoms with Gasteiger partial charge in [0.05, 0.1) is 0 Å². The second-order valence-electron chi connectivity index (χ2n) is 5.24. The third-order valence-electron chi connectivity index (χ3n) is 3.49. The molecule has 8 heteroatoms. The van der Waals surface area contributed by atoms with Gasteiger partial charge in [0, 0.05) is 36.7 Å². The Kier molecular flexibility index (Phi) is 5.46. The summed E-state index contributed by atoms with van der Waals surface area (Å²) in [5, 5.41) is 1.13. The molecule has 0 bridgehead atoms. The van der Waals surface area contributed by atoms with Gasteiger partial charge in [0.1, 0.15) is 0 Å². The number of rotatable bonds is 5. The van der Waals surface area contributed by atoms with E-state index in [1.807, 2.05) is 11.8 Å². The maximum Gasteiger partial charge on any atom is 0.243 e. The second kappa shape index (κ2) is 7.13. The lowest BCUT2D eigenvalue weighted by molar-refractivity contribution is 0.699. The van der Waals surface area contributed by atoms with Gasteiger partial charge in [-0.05, 0) is 13.8 Å². The van der Waals surface area contributed by atoms with Crippen LogP contribution < -0.4 is 21.1 Å². The molecule has 118 valence electrons. The van der Waals surface area contributed by atoms with Gasteiger partial charge in [-0.1, -0.05) is 13.8 Å². The third kappa shape index (κ3) is 3.88. The largest absolute Gasteiger partial charge is 0.341 e. The molecule has 0 aliphatic carbocycles. The van der Waals surface area contributed by atoms with Crippen molar-refractivity contribution in [2.75, 3.05) is 41.4 Å². The lowest BCUT2D eigenvalue weighted by Crippen LogP contribution is -2.41. The maximum atomic E-state index is 5.51. The molecule has 1 aliphatic heterocycles. The summed E-state index contributed by atoms with van der Waals surface area (Å²) in [5.74, 6) is 7.31. The van der Waals surface area contributed by atoms with Gasteiger partial charge in [0.25, 0.3) is 0 Å². The van der Waals surface area contributed by atoms with Crippen LogP contribution in [-0.2, 0) is 0 Å². The monoisotopic (exact) mass is 311 g/mol. The first kappa shape index (κ1) is 16.1. The van der Waals surface area contributed by atoms with E-state index < -0.39 is 0 Å². The molecule has 0 spiro atoms. The zero-order valence-electron chi connectivity index (χ0n) is 13.2. The Hall–Kier alpha value is -1.28. The van der Waals surface area contributed by atoms with Gasteiger partial charge in [0.2, 0.25) is 17.8 Å². The van der Waals surface area contributed by atoms with Gasteiger partial charge in [-0.2, -0.15) is 26.7 Å². The van der Waals surface area contributed by atoms with Gasteiger partial charge >= 0.3 is 0 Å². The van der Waals surface area contributed by atoms with Crippen LogP contribution in [0, 0.1) is 0 Å². The van der Waals surface area contributed by atoms with Crippen molar-refractivity contribution >= 4 is 29.6 Å². The molecule has 2 atom stereocenters. The summed E-state index contributed by atoms with van der Waals surface area (Å²) in [6.07, 6.45) is 0. The fourth-order valence-corrected chi connectivity index (χ4v) is 3.87. The molecular weight excluding hydrogens is 286 g/mol. The molecule has 2 rings (SSSR count). The number of hydrazine groups is 1. The fourth-order valence-electron chi connectivity index (χ4n) is 2.55. The van der Waals surface area contributed by atoms with Gasteiger partial charge in [-0.3, -0.25) is 5.43 Å². The summed E-state index contributed by atoms with van der Waals surface area (Å²) in [6, 6.07) is 0. The van der Waals surface area contributed by atoms with E-state index in [0.29, 0.717) is 28.3 Å². The molecule has 1 fully saturated rings. The number of anilines is 3. The van der Waals surface area contributed by atoms with E-state index in [4.69, 9.17) is 5.84 Å². The Bertz CT molecular complexity index is 456. The molecule has 0 aromatic carbocycles. The molecule has 3 N–H and O–H groups in total. The Balaban J connectivity index is 2.31. The minimum absolute atomic E-state index is 0.417. The van der Waals surface area contributed by atoms with E-state index in [9.17, 15) is 0 Å². The average Bonchev–Trinajstić information content (AvgIpc) is 2.47. The van der Waals surface area contributed by atoms with Crippen molar-refractivity contribution in [3.63, 3.8) is 0 Å². The van der Waals surface area contributed by atoms with E-state index in [1.165, 1.54) is 0 Å². The van der Waals surface area contributed by atoms with Crippen LogP contribution in [0.4, 0.5) is 17.8 Å². The standard InChI is InChI=1S/C13H25N7S/c1-5-19(6-2)12-15-11(18-14)16-13(17-12)20-7-9(3)21-10(4)8-20/h9-10H,5-8,14H2,1-4H3,(H,15,16,17,18). The summed E-state index contributed by atoms with van der Waals surface area (Å²) in [5.41, 5.74) is 2.55. The number of nitrogens with two attached hydrogens (primary N) is 1. The number of nitrogens with one attached hydrogen (secondary N) is 1. The highest BCUT2D eigenvalue weighted by Crippen LogP contribution is 2.27. The number of nitrogens with zero attached hydrogens (tertiary/aromatic N) is 5. The van der Waals surface area contributed by atoms with Crippen LogP contribution in [0.25, 0.3) is 0 Å². The first-order valence-electron chi connectivity index (χ1n) is 7.45. The third-order valence-corrected chi connectivity index (χ3v) is 4.72. The second-order valence-corrected chi connectivity index (χ2v) is 7.12. The Morgan fingerprint density at radius 2 is 1.81 bits per heavy atom. The molecular formula is C13H25N7S. The smallest absolute Gasteiger partial charge is 0.243 e. The number of hydrogen-bond donors (Lipinski definition) is 2. The van der Waals surface area contributed by atoms with Crippen LogP contribution in [0.3, 0.4) is 0 Å². The number of thioether (sulfide) groups is 1. The van der Waals surface area contributed by atoms with Crippen molar-refractivity contribution in [2.24, 2.45) is 5.84 Å². The molecule has 21 heavy (non-hydrogen) atoms. The Morgan fingerprint density at radius 1 is 1.19 bits per heavy atom. The highest BCUT2D eigenvalue weighted by atomic mass is 32.2. The van der Waals surface area contributed by atoms with Crippen LogP contribution in [0.15, 0.2) is 0 Å². The van der Waals surface area contributed by atoms with Gasteiger partial charge in [-0.25, -0.2) is 5.84 Å². The van der Waals surface area contributed by atoms with E-state index in [1.54, 1.807) is 0 Å². The van der Waals surface area contributed by atoms with E-state index >= 15 is 0 Å². The predicted molar refractivity (Wildman–Crippen MR) is 89.9 cm³/mol. The molecule has 0 radical (unpaired) electrons. The van der Waals surface area contributed by atoms with Crippen LogP contribution in [0.2, 0.25) is 0 Å². The minimum atomic E-state index is 0.417. The van der Waals surface area contributed by atoms with Crippen LogP contribution in [-0.4, -0.2) is 51.6 Å². The lowest BCUT2D eigenvalue weighted by Gasteiger charge is -2.35. The van der Waals surface area contributed by atoms with Crippen LogP contribution in [0.5, 0.6) is 0 Å². The predicted octanol–water partition coefficient (Wildman–Crippen LogP) is 1.33. The van der Waals surface area contributed by atoms with E-state index in [2.05, 4.69) is 57.9 Å². The summed E-state index contributed by atoms with van der Waals surface area (Å²) >= 11 is 2.01. The van der Waals surface area contributed by atoms with Crippen LogP contribution >= 0.6 is 11.8 Å². The summed E-state index contributed by atoms with van der Waals surface area (Å²) in [6.45, 7) is 12.2. The maximum absolute atomic E-state index is 5.51. The lowest BCUT2D eigenvalue weighted by atomic mass is 10.3. The number of aromatic nitrogens is 3. The Labute approximate surface area is 130 Å². The fraction of sp³-hybridized carbons (Fsp3) is 0.769. The number of hydrogen-bond acceptors (Lipinski definition) is 8. The van der Waals surface area contributed by atoms with Crippen molar-refractivity contribution < 1.29 is 0 Å². The van der Waals surface area contributed by atoms with Crippen molar-refractivity contribution in [1.82, 2.24) is 15.0 Å². The zero-order chi connectivity index (χ0) is 15.4. The first-order chi connectivity index (χ1) is 10.1. The quantitative estimate of drug-likeness (QED) is 0.622. The highest BCUT2D eigenvalue weighted by Gasteiger charge is 2.25. The van der Waals surface area contributed by atoms with Gasteiger partial charge in [0.15, 0.2) is 0 Å². The first-order valence-corrected chi connectivity index (χ1v) is 8.39. The average molecular weight is 311 g/mol. The molecule has 1 aliphatic rings. The zero-order valence-corrected chi connectivity index (χ0v) is 14.0. The molecule has 0 saturated carbocycles. The van der Waals surface area contributed by atoms with E-state index in [-0.39, 0.29) is 0 Å². The summed E-state index contributed by atoms with van der Waals surface area (Å²) in [7, 11) is 0. The molecule has 7 nitrogen and oxygen atoms in total. The van der Waals surface area contributed by atoms with E-state index in [0.717, 1.165) is 26.2 Å². The highest BCUT2D eigenvalue weighted by molar-refractivity contribution is 8.00. The topological polar surface area (TPSA) is 83.2 Å². The summed E-state index contributed by atoms with van der Waals surface area (Å²) in [4.78, 5) is 17.7. The molecule has 1 aromatic heterocycles. The molecule has 2 heterocycles. The van der Waals surface area contributed by atoms with Crippen LogP contribution in [0.1, 0.15) is 27.7 Å². The Morgan fingerprint density at radius 3 is 2.33 bits per heavy atom. The SMILES string of the molecule is CCN(CC)c1nc(NN)nc(N2CC(C)SC(C)C2)n1. The van der Waals surface area contributed by atoms with Crippen molar-refractivity contribution in [1.29, 1.82) is 0 Å². The van der Waals surface area contributed by atoms with Crippen molar-refractivity contribution in [3.8, 4) is 0 Å². The number of nitrogen functional groups attached to an aromatic ring is 1. The minimum Gasteiger partial charge on any atom is -0.341 e. The van der Waals surface area contributed by atoms with Gasteiger partial charge < -0.3 is 9.80 Å². The molecule has 1 saturated heterocycles. The van der Waals surface area contributed by atoms with Crippen molar-refractivity contribution in [3.05, 3.63) is 0 Å². The summed E-state index contributed by atoms with van der Waals surface area (Å²) < 4.78 is 0. The normalized spacial score (nSPS) is 22.2. The molecule has 1 aromatic rings.